The minimum absolute atomic E-state index is 0.0979. The van der Waals surface area contributed by atoms with Gasteiger partial charge in [-0.05, 0) is 27.6 Å². The first-order chi connectivity index (χ1) is 17.3. The van der Waals surface area contributed by atoms with Crippen LogP contribution in [0.2, 0.25) is 39.3 Å². The molecule has 0 aliphatic carbocycles. The van der Waals surface area contributed by atoms with Gasteiger partial charge in [0.05, 0.1) is 16.1 Å². The quantitative estimate of drug-likeness (QED) is 0.277. The number of benzene rings is 1. The molecule has 0 bridgehead atoms. The average molecular weight is 595 g/mol. The summed E-state index contributed by atoms with van der Waals surface area (Å²) in [4.78, 5) is 0. The van der Waals surface area contributed by atoms with Gasteiger partial charge in [0.2, 0.25) is 0 Å². The van der Waals surface area contributed by atoms with Crippen molar-refractivity contribution in [3.05, 3.63) is 23.3 Å². The molecule has 38 heavy (non-hydrogen) atoms. The highest BCUT2D eigenvalue weighted by Crippen LogP contribution is 2.62. The monoisotopic (exact) mass is 594 g/mol. The van der Waals surface area contributed by atoms with Crippen LogP contribution in [-0.4, -0.2) is 77.8 Å². The molecule has 2 fully saturated rings. The van der Waals surface area contributed by atoms with Gasteiger partial charge >= 0.3 is 0 Å². The second-order valence-corrected chi connectivity index (χ2v) is 30.7. The molecule has 4 nitrogen and oxygen atoms in total. The first-order valence-corrected chi connectivity index (χ1v) is 24.0. The maximum absolute atomic E-state index is 3.97. The highest BCUT2D eigenvalue weighted by molar-refractivity contribution is 7.60. The number of rotatable bonds is 7. The smallest absolute Gasteiger partial charge is 0.0774 e. The molecule has 4 N–H and O–H groups in total. The van der Waals surface area contributed by atoms with Crippen molar-refractivity contribution < 1.29 is 0 Å². The SMILES string of the molecule is CC(C)(C)P(Cc1cc([Si](C)(C)C)c([Si](C)(C)C)cc1C(P)(C1CNCCN1)C1CNCCN1)C(C)(C)C. The van der Waals surface area contributed by atoms with Crippen molar-refractivity contribution in [1.82, 2.24) is 21.3 Å². The van der Waals surface area contributed by atoms with E-state index in [2.05, 4.69) is 123 Å². The molecule has 1 aromatic carbocycles. The Morgan fingerprint density at radius 1 is 0.737 bits per heavy atom. The van der Waals surface area contributed by atoms with Gasteiger partial charge in [-0.25, -0.2) is 0 Å². The molecular formula is C30H60N4P2Si2. The Bertz CT molecular complexity index is 913. The van der Waals surface area contributed by atoms with Crippen molar-refractivity contribution in [1.29, 1.82) is 0 Å². The molecule has 0 amide bonds. The average Bonchev–Trinajstić information content (AvgIpc) is 2.80. The van der Waals surface area contributed by atoms with Crippen molar-refractivity contribution in [3.63, 3.8) is 0 Å². The summed E-state index contributed by atoms with van der Waals surface area (Å²) in [6.07, 6.45) is 1.19. The molecule has 218 valence electrons. The fourth-order valence-corrected chi connectivity index (χ4v) is 16.2. The van der Waals surface area contributed by atoms with Crippen molar-refractivity contribution in [2.45, 2.75) is 115 Å². The van der Waals surface area contributed by atoms with Gasteiger partial charge in [0.1, 0.15) is 0 Å². The van der Waals surface area contributed by atoms with Gasteiger partial charge in [-0.15, -0.1) is 9.24 Å². The van der Waals surface area contributed by atoms with E-state index < -0.39 is 16.1 Å². The van der Waals surface area contributed by atoms with Crippen LogP contribution in [0.25, 0.3) is 0 Å². The van der Waals surface area contributed by atoms with Gasteiger partial charge in [-0.1, -0.05) is 111 Å². The normalized spacial score (nSPS) is 23.9. The molecule has 0 spiro atoms. The lowest BCUT2D eigenvalue weighted by Gasteiger charge is -2.50. The van der Waals surface area contributed by atoms with Crippen molar-refractivity contribution in [2.75, 3.05) is 39.3 Å². The van der Waals surface area contributed by atoms with Crippen LogP contribution < -0.4 is 31.6 Å². The second-order valence-electron chi connectivity index (χ2n) is 15.8. The summed E-state index contributed by atoms with van der Waals surface area (Å²) >= 11 is 0. The van der Waals surface area contributed by atoms with E-state index in [1.807, 2.05) is 0 Å². The van der Waals surface area contributed by atoms with Gasteiger partial charge in [-0.2, -0.15) is 0 Å². The third-order valence-electron chi connectivity index (χ3n) is 8.51. The number of nitrogens with one attached hydrogen (secondary N) is 4. The van der Waals surface area contributed by atoms with Crippen LogP contribution in [0.15, 0.2) is 12.1 Å². The topological polar surface area (TPSA) is 48.1 Å². The standard InChI is InChI=1S/C30H60N4P2Si2/c1-28(2,3)36(29(4,5)6)21-22-17-24(37(7,8)9)25(38(10,11)12)18-23(22)30(35,26-19-31-13-15-33-26)27-20-32-14-16-34-27/h17-18,26-27,31-34H,13-16,19-21,35H2,1-12H3. The Kier molecular flexibility index (Phi) is 10.3. The largest absolute Gasteiger partial charge is 0.314 e. The van der Waals surface area contributed by atoms with Crippen molar-refractivity contribution in [3.8, 4) is 0 Å². The van der Waals surface area contributed by atoms with Crippen molar-refractivity contribution in [2.24, 2.45) is 0 Å². The molecule has 3 rings (SSSR count). The van der Waals surface area contributed by atoms with Gasteiger partial charge in [-0.3, -0.25) is 0 Å². The van der Waals surface area contributed by atoms with Crippen LogP contribution in [0, 0.1) is 0 Å². The van der Waals surface area contributed by atoms with Gasteiger partial charge in [0, 0.05) is 56.5 Å². The van der Waals surface area contributed by atoms with E-state index in [1.165, 1.54) is 6.16 Å². The van der Waals surface area contributed by atoms with E-state index >= 15 is 0 Å². The maximum Gasteiger partial charge on any atom is 0.0774 e. The number of piperazine rings is 2. The zero-order valence-corrected chi connectivity index (χ0v) is 30.8. The van der Waals surface area contributed by atoms with Crippen LogP contribution in [0.3, 0.4) is 0 Å². The van der Waals surface area contributed by atoms with E-state index in [1.54, 1.807) is 21.5 Å². The Hall–Kier alpha value is 0.354. The van der Waals surface area contributed by atoms with Crippen LogP contribution in [0.1, 0.15) is 52.7 Å². The van der Waals surface area contributed by atoms with Crippen LogP contribution in [-0.2, 0) is 11.3 Å². The lowest BCUT2D eigenvalue weighted by molar-refractivity contribution is 0.255. The zero-order valence-electron chi connectivity index (χ0n) is 26.8. The summed E-state index contributed by atoms with van der Waals surface area (Å²) in [5.41, 5.74) is 3.21. The maximum atomic E-state index is 3.97. The molecule has 3 atom stereocenters. The first-order valence-electron chi connectivity index (χ1n) is 14.9. The van der Waals surface area contributed by atoms with E-state index in [4.69, 9.17) is 0 Å². The van der Waals surface area contributed by atoms with Gasteiger partial charge < -0.3 is 21.3 Å². The Labute approximate surface area is 241 Å². The molecule has 0 radical (unpaired) electrons. The fraction of sp³-hybridized carbons (Fsp3) is 0.800. The highest BCUT2D eigenvalue weighted by Gasteiger charge is 2.47. The Balaban J connectivity index is 2.36. The minimum atomic E-state index is -1.57. The van der Waals surface area contributed by atoms with E-state index in [0.717, 1.165) is 39.3 Å². The fourth-order valence-electron chi connectivity index (χ4n) is 6.67. The van der Waals surface area contributed by atoms with E-state index in [9.17, 15) is 0 Å². The third-order valence-corrected chi connectivity index (χ3v) is 17.8. The van der Waals surface area contributed by atoms with E-state index in [-0.39, 0.29) is 13.1 Å². The van der Waals surface area contributed by atoms with Gasteiger partial charge in [0.25, 0.3) is 0 Å². The molecule has 3 unspecified atom stereocenters. The molecule has 2 aliphatic heterocycles. The van der Waals surface area contributed by atoms with Crippen molar-refractivity contribution >= 4 is 43.7 Å². The molecule has 2 saturated heterocycles. The number of hydrogen-bond donors (Lipinski definition) is 4. The molecule has 8 heteroatoms. The summed E-state index contributed by atoms with van der Waals surface area (Å²) in [6, 6.07) is 6.21. The minimum Gasteiger partial charge on any atom is -0.314 e. The predicted molar refractivity (Wildman–Crippen MR) is 183 cm³/mol. The summed E-state index contributed by atoms with van der Waals surface area (Å²) in [7, 11) is 0.0874. The predicted octanol–water partition coefficient (Wildman–Crippen LogP) is 4.55. The second kappa shape index (κ2) is 11.9. The third kappa shape index (κ3) is 7.40. The summed E-state index contributed by atoms with van der Waals surface area (Å²) in [5, 5.41) is 19.3. The summed E-state index contributed by atoms with van der Waals surface area (Å²) in [5.74, 6) is 0. The summed E-state index contributed by atoms with van der Waals surface area (Å²) in [6.45, 7) is 36.4. The summed E-state index contributed by atoms with van der Waals surface area (Å²) < 4.78 is 0. The number of hydrogen-bond acceptors (Lipinski definition) is 4. The first kappa shape index (κ1) is 32.9. The molecule has 2 heterocycles. The highest BCUT2D eigenvalue weighted by atomic mass is 31.1. The van der Waals surface area contributed by atoms with Crippen LogP contribution in [0.4, 0.5) is 0 Å². The zero-order chi connectivity index (χ0) is 28.7. The van der Waals surface area contributed by atoms with Gasteiger partial charge in [0.15, 0.2) is 0 Å². The molecule has 2 aliphatic rings. The van der Waals surface area contributed by atoms with Crippen LogP contribution in [0.5, 0.6) is 0 Å². The molecule has 1 aromatic rings. The molecule has 0 saturated carbocycles. The lowest BCUT2D eigenvalue weighted by Crippen LogP contribution is -2.67. The van der Waals surface area contributed by atoms with Crippen LogP contribution >= 0.6 is 17.2 Å². The molecule has 0 aromatic heterocycles. The van der Waals surface area contributed by atoms with E-state index in [0.29, 0.717) is 22.4 Å². The Morgan fingerprint density at radius 3 is 1.50 bits per heavy atom. The Morgan fingerprint density at radius 2 is 1.16 bits per heavy atom. The lowest BCUT2D eigenvalue weighted by atomic mass is 9.80. The molecular weight excluding hydrogens is 534 g/mol.